The van der Waals surface area contributed by atoms with E-state index in [4.69, 9.17) is 0 Å². The Kier molecular flexibility index (Phi) is 6.72. The molecule has 32 heavy (non-hydrogen) atoms. The van der Waals surface area contributed by atoms with E-state index < -0.39 is 10.0 Å². The van der Waals surface area contributed by atoms with Gasteiger partial charge in [0.2, 0.25) is 15.9 Å². The molecule has 1 fully saturated rings. The SMILES string of the molecule is CC1CCCN(S(=O)(=O)c2ccc(NC(=O)CCc3cnn(-c4ccccc4)c3)cc2)C1. The highest BCUT2D eigenvalue weighted by atomic mass is 32.2. The minimum atomic E-state index is -3.50. The van der Waals surface area contributed by atoms with Gasteiger partial charge in [0.15, 0.2) is 0 Å². The molecule has 3 aromatic rings. The first-order chi connectivity index (χ1) is 15.4. The van der Waals surface area contributed by atoms with Crippen molar-refractivity contribution >= 4 is 21.6 Å². The fourth-order valence-corrected chi connectivity index (χ4v) is 5.51. The Balaban J connectivity index is 1.32. The standard InChI is InChI=1S/C24H28N4O3S/c1-19-6-5-15-27(17-19)32(30,31)23-12-10-21(11-13-23)26-24(29)14-9-20-16-25-28(18-20)22-7-3-2-4-8-22/h2-4,7-8,10-13,16,18-19H,5-6,9,14-15,17H2,1H3,(H,26,29). The van der Waals surface area contributed by atoms with Gasteiger partial charge in [-0.05, 0) is 67.1 Å². The van der Waals surface area contributed by atoms with Crippen molar-refractivity contribution in [2.75, 3.05) is 18.4 Å². The maximum absolute atomic E-state index is 12.9. The Hall–Kier alpha value is -2.97. The molecule has 168 valence electrons. The first-order valence-corrected chi connectivity index (χ1v) is 12.3. The minimum absolute atomic E-state index is 0.127. The number of nitrogens with zero attached hydrogens (tertiary/aromatic N) is 3. The zero-order chi connectivity index (χ0) is 22.6. The van der Waals surface area contributed by atoms with Crippen molar-refractivity contribution in [3.8, 4) is 5.69 Å². The lowest BCUT2D eigenvalue weighted by Crippen LogP contribution is -2.39. The number of piperidine rings is 1. The van der Waals surface area contributed by atoms with Crippen LogP contribution in [-0.2, 0) is 21.2 Å². The molecule has 7 nitrogen and oxygen atoms in total. The van der Waals surface area contributed by atoms with Crippen molar-refractivity contribution in [2.24, 2.45) is 5.92 Å². The number of hydrogen-bond donors (Lipinski definition) is 1. The average molecular weight is 453 g/mol. The van der Waals surface area contributed by atoms with E-state index in [1.165, 1.54) is 0 Å². The highest BCUT2D eigenvalue weighted by Gasteiger charge is 2.28. The molecular formula is C24H28N4O3S. The van der Waals surface area contributed by atoms with Gasteiger partial charge in [-0.15, -0.1) is 0 Å². The Morgan fingerprint density at radius 3 is 2.59 bits per heavy atom. The molecule has 1 amide bonds. The number of aromatic nitrogens is 2. The second-order valence-electron chi connectivity index (χ2n) is 8.31. The fourth-order valence-electron chi connectivity index (χ4n) is 3.92. The van der Waals surface area contributed by atoms with E-state index in [2.05, 4.69) is 17.3 Å². The Morgan fingerprint density at radius 2 is 1.88 bits per heavy atom. The first-order valence-electron chi connectivity index (χ1n) is 10.9. The molecule has 0 spiro atoms. The van der Waals surface area contributed by atoms with Crippen LogP contribution in [0.15, 0.2) is 71.9 Å². The Bertz CT molecular complexity index is 1160. The highest BCUT2D eigenvalue weighted by molar-refractivity contribution is 7.89. The minimum Gasteiger partial charge on any atom is -0.326 e. The number of benzene rings is 2. The van der Waals surface area contributed by atoms with E-state index in [1.54, 1.807) is 39.4 Å². The van der Waals surface area contributed by atoms with E-state index >= 15 is 0 Å². The lowest BCUT2D eigenvalue weighted by molar-refractivity contribution is -0.116. The summed E-state index contributed by atoms with van der Waals surface area (Å²) >= 11 is 0. The van der Waals surface area contributed by atoms with Crippen LogP contribution >= 0.6 is 0 Å². The van der Waals surface area contributed by atoms with Crippen LogP contribution in [0.25, 0.3) is 5.69 Å². The molecule has 8 heteroatoms. The summed E-state index contributed by atoms with van der Waals surface area (Å²) in [5.41, 5.74) is 2.53. The second-order valence-corrected chi connectivity index (χ2v) is 10.2. The molecule has 1 aromatic heterocycles. The van der Waals surface area contributed by atoms with Gasteiger partial charge in [-0.25, -0.2) is 13.1 Å². The highest BCUT2D eigenvalue weighted by Crippen LogP contribution is 2.24. The van der Waals surface area contributed by atoms with E-state index in [1.807, 2.05) is 36.5 Å². The van der Waals surface area contributed by atoms with Crippen LogP contribution in [0.2, 0.25) is 0 Å². The predicted molar refractivity (Wildman–Crippen MR) is 124 cm³/mol. The molecule has 2 aromatic carbocycles. The summed E-state index contributed by atoms with van der Waals surface area (Å²) in [6.07, 6.45) is 6.51. The van der Waals surface area contributed by atoms with Crippen LogP contribution < -0.4 is 5.32 Å². The zero-order valence-electron chi connectivity index (χ0n) is 18.1. The van der Waals surface area contributed by atoms with Crippen LogP contribution in [0, 0.1) is 5.92 Å². The topological polar surface area (TPSA) is 84.3 Å². The maximum Gasteiger partial charge on any atom is 0.243 e. The number of carbonyl (C=O) groups is 1. The van der Waals surface area contributed by atoms with E-state index in [9.17, 15) is 13.2 Å². The molecule has 1 aliphatic rings. The van der Waals surface area contributed by atoms with Crippen molar-refractivity contribution in [2.45, 2.75) is 37.5 Å². The van der Waals surface area contributed by atoms with E-state index in [0.717, 1.165) is 24.1 Å². The summed E-state index contributed by atoms with van der Waals surface area (Å²) in [6, 6.07) is 16.2. The molecule has 2 heterocycles. The number of aryl methyl sites for hydroxylation is 1. The molecule has 4 rings (SSSR count). The van der Waals surface area contributed by atoms with Gasteiger partial charge in [-0.1, -0.05) is 25.1 Å². The van der Waals surface area contributed by atoms with Crippen LogP contribution in [0.3, 0.4) is 0 Å². The number of anilines is 1. The normalized spacial score (nSPS) is 17.2. The molecule has 1 atom stereocenters. The lowest BCUT2D eigenvalue weighted by Gasteiger charge is -2.30. The van der Waals surface area contributed by atoms with Gasteiger partial charge in [0.25, 0.3) is 0 Å². The van der Waals surface area contributed by atoms with Gasteiger partial charge < -0.3 is 5.32 Å². The third kappa shape index (κ3) is 5.26. The van der Waals surface area contributed by atoms with Gasteiger partial charge in [-0.3, -0.25) is 4.79 Å². The number of sulfonamides is 1. The van der Waals surface area contributed by atoms with Crippen molar-refractivity contribution in [3.05, 3.63) is 72.6 Å². The van der Waals surface area contributed by atoms with Crippen molar-refractivity contribution in [1.82, 2.24) is 14.1 Å². The molecule has 1 aliphatic heterocycles. The predicted octanol–water partition coefficient (Wildman–Crippen LogP) is 3.86. The first kappa shape index (κ1) is 22.2. The molecule has 1 N–H and O–H groups in total. The number of para-hydroxylation sites is 1. The number of amides is 1. The number of rotatable bonds is 7. The van der Waals surface area contributed by atoms with Gasteiger partial charge >= 0.3 is 0 Å². The summed E-state index contributed by atoms with van der Waals surface area (Å²) in [6.45, 7) is 3.20. The van der Waals surface area contributed by atoms with Gasteiger partial charge in [0.05, 0.1) is 16.8 Å². The van der Waals surface area contributed by atoms with Crippen LogP contribution in [-0.4, -0.2) is 41.5 Å². The fraction of sp³-hybridized carbons (Fsp3) is 0.333. The third-order valence-electron chi connectivity index (χ3n) is 5.69. The summed E-state index contributed by atoms with van der Waals surface area (Å²) in [7, 11) is -3.50. The smallest absolute Gasteiger partial charge is 0.243 e. The van der Waals surface area contributed by atoms with Crippen LogP contribution in [0.1, 0.15) is 31.7 Å². The molecule has 0 aliphatic carbocycles. The largest absolute Gasteiger partial charge is 0.326 e. The maximum atomic E-state index is 12.9. The van der Waals surface area contributed by atoms with Crippen molar-refractivity contribution in [1.29, 1.82) is 0 Å². The molecule has 1 saturated heterocycles. The van der Waals surface area contributed by atoms with Crippen molar-refractivity contribution in [3.63, 3.8) is 0 Å². The summed E-state index contributed by atoms with van der Waals surface area (Å²) in [5, 5.41) is 7.19. The quantitative estimate of drug-likeness (QED) is 0.590. The number of nitrogens with one attached hydrogen (secondary N) is 1. The van der Waals surface area contributed by atoms with E-state index in [0.29, 0.717) is 37.5 Å². The summed E-state index contributed by atoms with van der Waals surface area (Å²) in [4.78, 5) is 12.6. The molecule has 1 unspecified atom stereocenters. The van der Waals surface area contributed by atoms with E-state index in [-0.39, 0.29) is 10.8 Å². The summed E-state index contributed by atoms with van der Waals surface area (Å²) < 4.78 is 29.1. The van der Waals surface area contributed by atoms with Gasteiger partial charge in [-0.2, -0.15) is 9.40 Å². The lowest BCUT2D eigenvalue weighted by atomic mass is 10.0. The summed E-state index contributed by atoms with van der Waals surface area (Å²) in [5.74, 6) is 0.245. The Labute approximate surface area is 189 Å². The van der Waals surface area contributed by atoms with Gasteiger partial charge in [0, 0.05) is 31.4 Å². The molecule has 0 bridgehead atoms. The van der Waals surface area contributed by atoms with Crippen molar-refractivity contribution < 1.29 is 13.2 Å². The average Bonchev–Trinajstić information content (AvgIpc) is 3.28. The Morgan fingerprint density at radius 1 is 1.12 bits per heavy atom. The van der Waals surface area contributed by atoms with Crippen LogP contribution in [0.5, 0.6) is 0 Å². The van der Waals surface area contributed by atoms with Crippen LogP contribution in [0.4, 0.5) is 5.69 Å². The third-order valence-corrected chi connectivity index (χ3v) is 7.57. The molecular weight excluding hydrogens is 424 g/mol. The number of hydrogen-bond acceptors (Lipinski definition) is 4. The second kappa shape index (κ2) is 9.67. The number of carbonyl (C=O) groups excluding carboxylic acids is 1. The molecule has 0 radical (unpaired) electrons. The monoisotopic (exact) mass is 452 g/mol. The zero-order valence-corrected chi connectivity index (χ0v) is 19.0. The van der Waals surface area contributed by atoms with Gasteiger partial charge in [0.1, 0.15) is 0 Å². The molecule has 0 saturated carbocycles.